The van der Waals surface area contributed by atoms with Crippen molar-refractivity contribution in [1.82, 2.24) is 5.32 Å². The van der Waals surface area contributed by atoms with Gasteiger partial charge in [-0.3, -0.25) is 0 Å². The Balaban J connectivity index is 1.72. The first-order valence-electron chi connectivity index (χ1n) is 10.2. The van der Waals surface area contributed by atoms with Crippen LogP contribution in [0.5, 0.6) is 0 Å². The van der Waals surface area contributed by atoms with E-state index in [9.17, 15) is 0 Å². The summed E-state index contributed by atoms with van der Waals surface area (Å²) in [6.07, 6.45) is 18.9. The SMILES string of the molecule is CCC/C=C1\CCC=C2C1(C)CCC1C3CCC(CCC21C)N3. The molecule has 1 N–H and O–H groups in total. The number of hydrogen-bond acceptors (Lipinski definition) is 1. The zero-order valence-electron chi connectivity index (χ0n) is 15.5. The highest BCUT2D eigenvalue weighted by atomic mass is 15.0. The van der Waals surface area contributed by atoms with Crippen molar-refractivity contribution in [3.05, 3.63) is 23.3 Å². The zero-order valence-corrected chi connectivity index (χ0v) is 15.5. The van der Waals surface area contributed by atoms with Crippen molar-refractivity contribution in [2.75, 3.05) is 0 Å². The highest BCUT2D eigenvalue weighted by molar-refractivity contribution is 5.39. The van der Waals surface area contributed by atoms with Gasteiger partial charge in [0.1, 0.15) is 0 Å². The van der Waals surface area contributed by atoms with Gasteiger partial charge in [-0.1, -0.05) is 50.5 Å². The Kier molecular flexibility index (Phi) is 3.99. The molecular weight excluding hydrogens is 278 g/mol. The zero-order chi connectivity index (χ0) is 16.1. The second-order valence-corrected chi connectivity index (χ2v) is 9.16. The maximum Gasteiger partial charge on any atom is 0.0107 e. The van der Waals surface area contributed by atoms with Gasteiger partial charge in [-0.15, -0.1) is 0 Å². The van der Waals surface area contributed by atoms with E-state index in [1.807, 2.05) is 5.57 Å². The van der Waals surface area contributed by atoms with Crippen LogP contribution in [0.1, 0.15) is 85.0 Å². The molecule has 2 aliphatic carbocycles. The fourth-order valence-electron chi connectivity index (χ4n) is 6.65. The van der Waals surface area contributed by atoms with Crippen LogP contribution in [0, 0.1) is 16.7 Å². The van der Waals surface area contributed by atoms with E-state index in [1.54, 1.807) is 5.57 Å². The number of unbranched alkanes of at least 4 members (excludes halogenated alkanes) is 1. The molecule has 2 heterocycles. The van der Waals surface area contributed by atoms with Gasteiger partial charge in [0.05, 0.1) is 0 Å². The molecule has 23 heavy (non-hydrogen) atoms. The molecule has 0 amide bonds. The molecule has 4 aliphatic rings. The van der Waals surface area contributed by atoms with Crippen LogP contribution in [0.2, 0.25) is 0 Å². The first-order valence-corrected chi connectivity index (χ1v) is 10.2. The molecule has 2 saturated heterocycles. The summed E-state index contributed by atoms with van der Waals surface area (Å²) < 4.78 is 0. The van der Waals surface area contributed by atoms with Crippen molar-refractivity contribution in [3.63, 3.8) is 0 Å². The molecule has 0 aromatic heterocycles. The molecule has 1 nitrogen and oxygen atoms in total. The largest absolute Gasteiger partial charge is 0.311 e. The Morgan fingerprint density at radius 3 is 2.87 bits per heavy atom. The molecule has 1 heteroatoms. The van der Waals surface area contributed by atoms with E-state index in [1.165, 1.54) is 64.2 Å². The topological polar surface area (TPSA) is 12.0 Å². The van der Waals surface area contributed by atoms with Crippen LogP contribution >= 0.6 is 0 Å². The van der Waals surface area contributed by atoms with E-state index >= 15 is 0 Å². The van der Waals surface area contributed by atoms with Crippen molar-refractivity contribution in [2.24, 2.45) is 16.7 Å². The molecule has 0 radical (unpaired) electrons. The first kappa shape index (κ1) is 15.9. The summed E-state index contributed by atoms with van der Waals surface area (Å²) in [5, 5.41) is 3.99. The number of rotatable bonds is 2. The predicted octanol–water partition coefficient (Wildman–Crippen LogP) is 5.77. The van der Waals surface area contributed by atoms with Crippen LogP contribution in [0.15, 0.2) is 23.3 Å². The third-order valence-corrected chi connectivity index (χ3v) is 7.91. The molecule has 5 atom stereocenters. The van der Waals surface area contributed by atoms with Gasteiger partial charge < -0.3 is 5.32 Å². The van der Waals surface area contributed by atoms with Crippen molar-refractivity contribution in [1.29, 1.82) is 0 Å². The third-order valence-electron chi connectivity index (χ3n) is 7.91. The summed E-state index contributed by atoms with van der Waals surface area (Å²) in [5.41, 5.74) is 4.44. The summed E-state index contributed by atoms with van der Waals surface area (Å²) in [7, 11) is 0. The van der Waals surface area contributed by atoms with Crippen LogP contribution < -0.4 is 5.32 Å². The average Bonchev–Trinajstić information content (AvgIpc) is 2.94. The normalized spacial score (nSPS) is 47.7. The summed E-state index contributed by atoms with van der Waals surface area (Å²) in [6.45, 7) is 7.52. The van der Waals surface area contributed by atoms with Crippen LogP contribution in [0.4, 0.5) is 0 Å². The van der Waals surface area contributed by atoms with Gasteiger partial charge in [0, 0.05) is 17.5 Å². The summed E-state index contributed by atoms with van der Waals surface area (Å²) in [6, 6.07) is 1.61. The van der Waals surface area contributed by atoms with Gasteiger partial charge in [-0.2, -0.15) is 0 Å². The van der Waals surface area contributed by atoms with Crippen LogP contribution in [-0.2, 0) is 0 Å². The highest BCUT2D eigenvalue weighted by Gasteiger charge is 2.55. The molecule has 4 rings (SSSR count). The fourth-order valence-corrected chi connectivity index (χ4v) is 6.65. The van der Waals surface area contributed by atoms with Crippen molar-refractivity contribution >= 4 is 0 Å². The van der Waals surface area contributed by atoms with Gasteiger partial charge >= 0.3 is 0 Å². The van der Waals surface area contributed by atoms with E-state index in [0.29, 0.717) is 10.8 Å². The van der Waals surface area contributed by atoms with E-state index in [0.717, 1.165) is 18.0 Å². The molecule has 5 unspecified atom stereocenters. The molecule has 1 saturated carbocycles. The van der Waals surface area contributed by atoms with E-state index < -0.39 is 0 Å². The minimum atomic E-state index is 0.377. The van der Waals surface area contributed by atoms with E-state index in [4.69, 9.17) is 0 Å². The summed E-state index contributed by atoms with van der Waals surface area (Å²) in [4.78, 5) is 0. The molecule has 2 bridgehead atoms. The van der Waals surface area contributed by atoms with Gasteiger partial charge in [0.2, 0.25) is 0 Å². The minimum absolute atomic E-state index is 0.377. The molecule has 0 aromatic carbocycles. The maximum atomic E-state index is 3.99. The second kappa shape index (κ2) is 5.76. The van der Waals surface area contributed by atoms with Crippen molar-refractivity contribution in [2.45, 2.75) is 97.1 Å². The molecular formula is C22H35N. The summed E-state index contributed by atoms with van der Waals surface area (Å²) in [5.74, 6) is 0.875. The van der Waals surface area contributed by atoms with E-state index in [-0.39, 0.29) is 0 Å². The molecule has 2 aliphatic heterocycles. The Hall–Kier alpha value is -0.560. The van der Waals surface area contributed by atoms with Gasteiger partial charge in [-0.05, 0) is 69.1 Å². The van der Waals surface area contributed by atoms with Crippen LogP contribution in [0.3, 0.4) is 0 Å². The highest BCUT2D eigenvalue weighted by Crippen LogP contribution is 2.63. The second-order valence-electron chi connectivity index (χ2n) is 9.16. The Bertz CT molecular complexity index is 530. The first-order chi connectivity index (χ1) is 11.1. The number of nitrogens with one attached hydrogen (secondary N) is 1. The van der Waals surface area contributed by atoms with Crippen LogP contribution in [-0.4, -0.2) is 12.1 Å². The summed E-state index contributed by atoms with van der Waals surface area (Å²) >= 11 is 0. The minimum Gasteiger partial charge on any atom is -0.311 e. The Labute approximate surface area is 143 Å². The number of fused-ring (bicyclic) bond motifs is 6. The fraction of sp³-hybridized carbons (Fsp3) is 0.818. The number of allylic oxidation sites excluding steroid dienone is 4. The lowest BCUT2D eigenvalue weighted by Crippen LogP contribution is -2.49. The standard InChI is InChI=1S/C22H35N/c1-4-5-7-16-8-6-9-20-21(16,2)15-13-18-19-11-10-17(23-19)12-14-22(18,20)3/h7,9,17-19,23H,4-6,8,10-15H2,1-3H3/b16-7+. The van der Waals surface area contributed by atoms with Crippen LogP contribution in [0.25, 0.3) is 0 Å². The maximum absolute atomic E-state index is 3.99. The lowest BCUT2D eigenvalue weighted by atomic mass is 9.49. The Morgan fingerprint density at radius 2 is 2.04 bits per heavy atom. The monoisotopic (exact) mass is 313 g/mol. The number of hydrogen-bond donors (Lipinski definition) is 1. The average molecular weight is 314 g/mol. The molecule has 0 aromatic rings. The molecule has 128 valence electrons. The predicted molar refractivity (Wildman–Crippen MR) is 98.4 cm³/mol. The van der Waals surface area contributed by atoms with Gasteiger partial charge in [0.15, 0.2) is 0 Å². The van der Waals surface area contributed by atoms with Crippen molar-refractivity contribution < 1.29 is 0 Å². The third kappa shape index (κ3) is 2.37. The lowest BCUT2D eigenvalue weighted by Gasteiger charge is -2.56. The Morgan fingerprint density at radius 1 is 1.17 bits per heavy atom. The molecule has 0 spiro atoms. The van der Waals surface area contributed by atoms with E-state index in [2.05, 4.69) is 38.2 Å². The van der Waals surface area contributed by atoms with Gasteiger partial charge in [-0.25, -0.2) is 0 Å². The lowest BCUT2D eigenvalue weighted by molar-refractivity contribution is 0.0883. The van der Waals surface area contributed by atoms with Crippen molar-refractivity contribution in [3.8, 4) is 0 Å². The quantitative estimate of drug-likeness (QED) is 0.638. The molecule has 3 fully saturated rings. The van der Waals surface area contributed by atoms with Gasteiger partial charge in [0.25, 0.3) is 0 Å². The smallest absolute Gasteiger partial charge is 0.0107 e.